The second kappa shape index (κ2) is 6.05. The first-order valence-corrected chi connectivity index (χ1v) is 7.74. The fraction of sp³-hybridized carbons (Fsp3) is 0.222. The first-order valence-electron chi connectivity index (χ1n) is 7.36. The van der Waals surface area contributed by atoms with Gasteiger partial charge in [-0.15, -0.1) is 0 Å². The van der Waals surface area contributed by atoms with Crippen molar-refractivity contribution in [2.75, 3.05) is 5.01 Å². The smallest absolute Gasteiger partial charge is 0.314 e. The lowest BCUT2D eigenvalue weighted by Gasteiger charge is -2.27. The van der Waals surface area contributed by atoms with Gasteiger partial charge in [0.15, 0.2) is 0 Å². The molecule has 0 saturated heterocycles. The molecule has 0 amide bonds. The number of carboxylic acids is 1. The summed E-state index contributed by atoms with van der Waals surface area (Å²) in [5.41, 5.74) is 3.42. The van der Waals surface area contributed by atoms with E-state index >= 15 is 0 Å². The van der Waals surface area contributed by atoms with Crippen molar-refractivity contribution in [1.29, 1.82) is 0 Å². The van der Waals surface area contributed by atoms with Crippen LogP contribution in [0.4, 0.5) is 5.69 Å². The van der Waals surface area contributed by atoms with Gasteiger partial charge >= 0.3 is 5.97 Å². The molecule has 2 unspecified atom stereocenters. The van der Waals surface area contributed by atoms with Crippen LogP contribution in [0.1, 0.15) is 24.1 Å². The first-order chi connectivity index (χ1) is 11.0. The maximum atomic E-state index is 11.8. The highest BCUT2D eigenvalue weighted by Crippen LogP contribution is 2.39. The van der Waals surface area contributed by atoms with Crippen molar-refractivity contribution in [2.24, 2.45) is 11.0 Å². The average Bonchev–Trinajstić information content (AvgIpc) is 2.85. The van der Waals surface area contributed by atoms with Crippen LogP contribution in [0, 0.1) is 12.8 Å². The molecule has 118 valence electrons. The lowest BCUT2D eigenvalue weighted by molar-refractivity contribution is -0.139. The average molecular weight is 329 g/mol. The van der Waals surface area contributed by atoms with E-state index in [-0.39, 0.29) is 6.04 Å². The predicted octanol–water partition coefficient (Wildman–Crippen LogP) is 4.29. The Labute approximate surface area is 140 Å². The SMILES string of the molecule is CC1=NN(c2cccc(Cl)c2)C(c2ccc(C)cc2)C1C(=O)O. The molecule has 0 fully saturated rings. The van der Waals surface area contributed by atoms with Crippen molar-refractivity contribution in [1.82, 2.24) is 0 Å². The summed E-state index contributed by atoms with van der Waals surface area (Å²) in [6.45, 7) is 3.76. The van der Waals surface area contributed by atoms with Gasteiger partial charge in [0.1, 0.15) is 5.92 Å². The Hall–Kier alpha value is -2.33. The largest absolute Gasteiger partial charge is 0.481 e. The number of aliphatic carboxylic acids is 1. The third kappa shape index (κ3) is 2.94. The fourth-order valence-electron chi connectivity index (χ4n) is 2.91. The third-order valence-corrected chi connectivity index (χ3v) is 4.29. The zero-order valence-corrected chi connectivity index (χ0v) is 13.7. The van der Waals surface area contributed by atoms with Gasteiger partial charge in [-0.25, -0.2) is 0 Å². The highest BCUT2D eigenvalue weighted by atomic mass is 35.5. The highest BCUT2D eigenvalue weighted by molar-refractivity contribution is 6.30. The molecule has 0 radical (unpaired) electrons. The van der Waals surface area contributed by atoms with Crippen LogP contribution in [-0.4, -0.2) is 16.8 Å². The van der Waals surface area contributed by atoms with E-state index in [4.69, 9.17) is 11.6 Å². The Morgan fingerprint density at radius 1 is 1.17 bits per heavy atom. The molecule has 2 aromatic rings. The Morgan fingerprint density at radius 3 is 2.48 bits per heavy atom. The Kier molecular flexibility index (Phi) is 4.09. The molecule has 2 atom stereocenters. The predicted molar refractivity (Wildman–Crippen MR) is 92.1 cm³/mol. The number of aryl methyl sites for hydroxylation is 1. The summed E-state index contributed by atoms with van der Waals surface area (Å²) < 4.78 is 0. The summed E-state index contributed by atoms with van der Waals surface area (Å²) in [6, 6.07) is 14.8. The summed E-state index contributed by atoms with van der Waals surface area (Å²) in [7, 11) is 0. The lowest BCUT2D eigenvalue weighted by Crippen LogP contribution is -2.30. The molecule has 1 N–H and O–H groups in total. The zero-order valence-electron chi connectivity index (χ0n) is 12.9. The van der Waals surface area contributed by atoms with E-state index in [1.807, 2.05) is 43.3 Å². The molecule has 23 heavy (non-hydrogen) atoms. The third-order valence-electron chi connectivity index (χ3n) is 4.05. The molecule has 0 aliphatic carbocycles. The maximum Gasteiger partial charge on any atom is 0.314 e. The van der Waals surface area contributed by atoms with Crippen LogP contribution in [0.15, 0.2) is 53.6 Å². The second-order valence-corrected chi connectivity index (χ2v) is 6.17. The van der Waals surface area contributed by atoms with Gasteiger partial charge in [-0.2, -0.15) is 5.10 Å². The minimum absolute atomic E-state index is 0.383. The van der Waals surface area contributed by atoms with Gasteiger partial charge in [0.2, 0.25) is 0 Å². The number of hydrogen-bond acceptors (Lipinski definition) is 3. The summed E-state index contributed by atoms with van der Waals surface area (Å²) in [4.78, 5) is 11.8. The molecule has 3 rings (SSSR count). The number of benzene rings is 2. The summed E-state index contributed by atoms with van der Waals surface area (Å²) in [5.74, 6) is -1.56. The highest BCUT2D eigenvalue weighted by Gasteiger charge is 2.41. The van der Waals surface area contributed by atoms with Crippen LogP contribution < -0.4 is 5.01 Å². The number of hydrogen-bond donors (Lipinski definition) is 1. The molecule has 2 aromatic carbocycles. The van der Waals surface area contributed by atoms with Crippen molar-refractivity contribution in [3.63, 3.8) is 0 Å². The van der Waals surface area contributed by atoms with E-state index in [1.165, 1.54) is 0 Å². The number of hydrazone groups is 1. The van der Waals surface area contributed by atoms with E-state index in [0.29, 0.717) is 10.7 Å². The topological polar surface area (TPSA) is 52.9 Å². The molecule has 5 heteroatoms. The van der Waals surface area contributed by atoms with Crippen molar-refractivity contribution in [3.8, 4) is 0 Å². The molecular formula is C18H17ClN2O2. The number of halogens is 1. The summed E-state index contributed by atoms with van der Waals surface area (Å²) >= 11 is 6.08. The van der Waals surface area contributed by atoms with Crippen LogP contribution >= 0.6 is 11.6 Å². The first kappa shape index (κ1) is 15.6. The summed E-state index contributed by atoms with van der Waals surface area (Å²) in [6.07, 6.45) is 0. The van der Waals surface area contributed by atoms with Gasteiger partial charge in [-0.1, -0.05) is 47.5 Å². The Balaban J connectivity index is 2.09. The van der Waals surface area contributed by atoms with E-state index in [9.17, 15) is 9.90 Å². The van der Waals surface area contributed by atoms with E-state index in [1.54, 1.807) is 24.1 Å². The van der Waals surface area contributed by atoms with Crippen LogP contribution in [0.5, 0.6) is 0 Å². The molecule has 1 heterocycles. The minimum atomic E-state index is -0.874. The molecule has 1 aliphatic heterocycles. The van der Waals surface area contributed by atoms with Gasteiger partial charge in [-0.05, 0) is 37.6 Å². The molecule has 1 aliphatic rings. The van der Waals surface area contributed by atoms with Gasteiger partial charge in [0.25, 0.3) is 0 Å². The van der Waals surface area contributed by atoms with Crippen LogP contribution in [0.25, 0.3) is 0 Å². The molecule has 0 spiro atoms. The quantitative estimate of drug-likeness (QED) is 0.914. The number of anilines is 1. The van der Waals surface area contributed by atoms with Crippen molar-refractivity contribution in [3.05, 3.63) is 64.7 Å². The Bertz CT molecular complexity index is 771. The van der Waals surface area contributed by atoms with Crippen LogP contribution in [0.3, 0.4) is 0 Å². The molecular weight excluding hydrogens is 312 g/mol. The van der Waals surface area contributed by atoms with Gasteiger partial charge in [0.05, 0.1) is 17.4 Å². The maximum absolute atomic E-state index is 11.8. The number of carbonyl (C=O) groups is 1. The van der Waals surface area contributed by atoms with Crippen LogP contribution in [0.2, 0.25) is 5.02 Å². The van der Waals surface area contributed by atoms with E-state index in [2.05, 4.69) is 5.10 Å². The fourth-order valence-corrected chi connectivity index (χ4v) is 3.10. The number of rotatable bonds is 3. The number of nitrogens with zero attached hydrogens (tertiary/aromatic N) is 2. The molecule has 0 bridgehead atoms. The minimum Gasteiger partial charge on any atom is -0.481 e. The summed E-state index contributed by atoms with van der Waals surface area (Å²) in [5, 5.41) is 16.5. The molecule has 0 aromatic heterocycles. The lowest BCUT2D eigenvalue weighted by atomic mass is 9.90. The Morgan fingerprint density at radius 2 is 1.87 bits per heavy atom. The normalized spacial score (nSPS) is 20.5. The zero-order chi connectivity index (χ0) is 16.6. The number of carboxylic acid groups (broad SMARTS) is 1. The van der Waals surface area contributed by atoms with Crippen molar-refractivity contribution >= 4 is 29.0 Å². The standard InChI is InChI=1S/C18H17ClN2O2/c1-11-6-8-13(9-7-11)17-16(18(22)23)12(2)20-21(17)15-5-3-4-14(19)10-15/h3-10,16-17H,1-2H3,(H,22,23). The molecule has 4 nitrogen and oxygen atoms in total. The second-order valence-electron chi connectivity index (χ2n) is 5.74. The monoisotopic (exact) mass is 328 g/mol. The molecule has 0 saturated carbocycles. The van der Waals surface area contributed by atoms with E-state index < -0.39 is 11.9 Å². The van der Waals surface area contributed by atoms with Gasteiger partial charge in [0, 0.05) is 5.02 Å². The van der Waals surface area contributed by atoms with Crippen molar-refractivity contribution < 1.29 is 9.90 Å². The van der Waals surface area contributed by atoms with Gasteiger partial charge in [-0.3, -0.25) is 9.80 Å². The van der Waals surface area contributed by atoms with Crippen molar-refractivity contribution in [2.45, 2.75) is 19.9 Å². The van der Waals surface area contributed by atoms with E-state index in [0.717, 1.165) is 16.8 Å². The van der Waals surface area contributed by atoms with Crippen LogP contribution in [-0.2, 0) is 4.79 Å². The van der Waals surface area contributed by atoms with Gasteiger partial charge < -0.3 is 5.11 Å².